The molecule has 1 aliphatic heterocycles. The molecule has 0 aliphatic carbocycles. The third kappa shape index (κ3) is 4.20. The fourth-order valence-electron chi connectivity index (χ4n) is 4.83. The van der Waals surface area contributed by atoms with Crippen molar-refractivity contribution in [2.45, 2.75) is 18.9 Å². The van der Waals surface area contributed by atoms with E-state index >= 15 is 0 Å². The highest BCUT2D eigenvalue weighted by Gasteiger charge is 2.25. The molecule has 6 nitrogen and oxygen atoms in total. The lowest BCUT2D eigenvalue weighted by Gasteiger charge is -2.33. The average Bonchev–Trinajstić information content (AvgIpc) is 3.29. The molecule has 6 rings (SSSR count). The number of nitrogens with zero attached hydrogens (tertiary/aromatic N) is 4. The fraction of sp³-hybridized carbons (Fsp3) is 0.179. The number of aromatic nitrogens is 3. The number of nitrogens with one attached hydrogen (secondary N) is 1. The van der Waals surface area contributed by atoms with Crippen LogP contribution in [0, 0.1) is 0 Å². The lowest BCUT2D eigenvalue weighted by atomic mass is 10.0. The van der Waals surface area contributed by atoms with E-state index in [0.29, 0.717) is 29.2 Å². The fourth-order valence-corrected chi connectivity index (χ4v) is 5.06. The number of halogens is 1. The lowest BCUT2D eigenvalue weighted by molar-refractivity contribution is 0.0718. The molecule has 5 aromatic rings. The van der Waals surface area contributed by atoms with Gasteiger partial charge in [0, 0.05) is 47.5 Å². The first-order chi connectivity index (χ1) is 17.6. The maximum absolute atomic E-state index is 13.2. The van der Waals surface area contributed by atoms with Crippen LogP contribution in [0.25, 0.3) is 27.7 Å². The van der Waals surface area contributed by atoms with Crippen molar-refractivity contribution in [2.24, 2.45) is 0 Å². The second kappa shape index (κ2) is 9.32. The summed E-state index contributed by atoms with van der Waals surface area (Å²) < 4.78 is 1.72. The number of rotatable bonds is 4. The van der Waals surface area contributed by atoms with Crippen LogP contribution in [0.3, 0.4) is 0 Å². The minimum absolute atomic E-state index is 0.0753. The lowest BCUT2D eigenvalue weighted by Crippen LogP contribution is -2.42. The molecule has 8 heteroatoms. The molecule has 0 saturated carbocycles. The SMILES string of the molecule is [B]c1cnn2c(NC3CCN(C(=O)c4ccc5ccccc5c4)CC3)cc(-c3ccccc3Cl)nc12. The van der Waals surface area contributed by atoms with E-state index in [1.807, 2.05) is 71.6 Å². The third-order valence-corrected chi connectivity index (χ3v) is 7.11. The monoisotopic (exact) mass is 491 g/mol. The van der Waals surface area contributed by atoms with Gasteiger partial charge >= 0.3 is 0 Å². The first-order valence-electron chi connectivity index (χ1n) is 12.0. The van der Waals surface area contributed by atoms with Crippen molar-refractivity contribution in [3.8, 4) is 11.3 Å². The average molecular weight is 492 g/mol. The number of piperidine rings is 1. The molecular weight excluding hydrogens is 469 g/mol. The molecule has 3 aromatic carbocycles. The van der Waals surface area contributed by atoms with Crippen molar-refractivity contribution in [3.63, 3.8) is 0 Å². The Balaban J connectivity index is 1.20. The van der Waals surface area contributed by atoms with Crippen LogP contribution in [0.2, 0.25) is 5.02 Å². The van der Waals surface area contributed by atoms with Gasteiger partial charge in [0.1, 0.15) is 13.7 Å². The predicted molar refractivity (Wildman–Crippen MR) is 145 cm³/mol. The molecule has 1 aliphatic rings. The van der Waals surface area contributed by atoms with Gasteiger partial charge in [0.05, 0.1) is 5.69 Å². The van der Waals surface area contributed by atoms with E-state index in [9.17, 15) is 4.79 Å². The van der Waals surface area contributed by atoms with Crippen molar-refractivity contribution in [2.75, 3.05) is 18.4 Å². The Hall–Kier alpha value is -3.84. The van der Waals surface area contributed by atoms with Crippen LogP contribution in [0.1, 0.15) is 23.2 Å². The standard InChI is InChI=1S/C28H23BClN5O/c29-23-17-31-35-26(16-25(33-27(23)35)22-7-3-4-8-24(22)30)32-21-11-13-34(14-12-21)28(36)20-10-9-18-5-1-2-6-19(18)15-20/h1-10,15-17,21,32H,11-14H2. The molecule has 0 bridgehead atoms. The van der Waals surface area contributed by atoms with Gasteiger partial charge in [0.25, 0.3) is 5.91 Å². The molecule has 1 saturated heterocycles. The van der Waals surface area contributed by atoms with E-state index < -0.39 is 0 Å². The summed E-state index contributed by atoms with van der Waals surface area (Å²) in [6.07, 6.45) is 3.25. The smallest absolute Gasteiger partial charge is 0.253 e. The number of amides is 1. The largest absolute Gasteiger partial charge is 0.367 e. The van der Waals surface area contributed by atoms with Crippen LogP contribution >= 0.6 is 11.6 Å². The number of carbonyl (C=O) groups is 1. The topological polar surface area (TPSA) is 62.5 Å². The van der Waals surface area contributed by atoms with Crippen molar-refractivity contribution >= 4 is 53.1 Å². The molecule has 176 valence electrons. The molecule has 1 fully saturated rings. The Morgan fingerprint density at radius 3 is 2.53 bits per heavy atom. The van der Waals surface area contributed by atoms with E-state index in [0.717, 1.165) is 46.3 Å². The summed E-state index contributed by atoms with van der Waals surface area (Å²) in [4.78, 5) is 19.8. The van der Waals surface area contributed by atoms with Gasteiger partial charge in [-0.25, -0.2) is 4.98 Å². The summed E-state index contributed by atoms with van der Waals surface area (Å²) in [5.74, 6) is 0.872. The molecule has 3 heterocycles. The van der Waals surface area contributed by atoms with Crippen LogP contribution in [-0.2, 0) is 0 Å². The number of fused-ring (bicyclic) bond motifs is 2. The Kier molecular flexibility index (Phi) is 5.85. The first kappa shape index (κ1) is 22.6. The zero-order chi connectivity index (χ0) is 24.6. The van der Waals surface area contributed by atoms with Gasteiger partial charge in [-0.2, -0.15) is 9.61 Å². The molecule has 1 N–H and O–H groups in total. The Morgan fingerprint density at radius 2 is 1.72 bits per heavy atom. The maximum Gasteiger partial charge on any atom is 0.253 e. The van der Waals surface area contributed by atoms with Gasteiger partial charge in [0.2, 0.25) is 0 Å². The van der Waals surface area contributed by atoms with E-state index in [1.165, 1.54) is 0 Å². The molecule has 2 radical (unpaired) electrons. The highest BCUT2D eigenvalue weighted by atomic mass is 35.5. The summed E-state index contributed by atoms with van der Waals surface area (Å²) in [5.41, 5.74) is 3.38. The zero-order valence-electron chi connectivity index (χ0n) is 19.6. The maximum atomic E-state index is 13.2. The van der Waals surface area contributed by atoms with Crippen molar-refractivity contribution < 1.29 is 4.79 Å². The number of hydrogen-bond donors (Lipinski definition) is 1. The van der Waals surface area contributed by atoms with Crippen molar-refractivity contribution in [3.05, 3.63) is 89.6 Å². The zero-order valence-corrected chi connectivity index (χ0v) is 20.3. The molecule has 0 unspecified atom stereocenters. The van der Waals surface area contributed by atoms with Crippen LogP contribution in [0.4, 0.5) is 5.82 Å². The van der Waals surface area contributed by atoms with E-state index in [2.05, 4.69) is 16.5 Å². The van der Waals surface area contributed by atoms with Crippen LogP contribution in [0.15, 0.2) is 79.0 Å². The number of likely N-dealkylation sites (tertiary alicyclic amines) is 1. The second-order valence-corrected chi connectivity index (χ2v) is 9.52. The van der Waals surface area contributed by atoms with Crippen molar-refractivity contribution in [1.82, 2.24) is 19.5 Å². The van der Waals surface area contributed by atoms with Gasteiger partial charge in [-0.15, -0.1) is 0 Å². The summed E-state index contributed by atoms with van der Waals surface area (Å²) in [6, 6.07) is 23.7. The molecule has 2 aromatic heterocycles. The molecule has 0 atom stereocenters. The Morgan fingerprint density at radius 1 is 0.972 bits per heavy atom. The highest BCUT2D eigenvalue weighted by Crippen LogP contribution is 2.29. The number of benzene rings is 3. The third-order valence-electron chi connectivity index (χ3n) is 6.78. The van der Waals surface area contributed by atoms with Crippen LogP contribution in [-0.4, -0.2) is 52.4 Å². The van der Waals surface area contributed by atoms with Crippen molar-refractivity contribution in [1.29, 1.82) is 0 Å². The number of hydrogen-bond acceptors (Lipinski definition) is 4. The summed E-state index contributed by atoms with van der Waals surface area (Å²) in [6.45, 7) is 1.35. The second-order valence-electron chi connectivity index (χ2n) is 9.11. The predicted octanol–water partition coefficient (Wildman–Crippen LogP) is 4.71. The Bertz CT molecular complexity index is 1590. The van der Waals surface area contributed by atoms with E-state index in [4.69, 9.17) is 24.4 Å². The van der Waals surface area contributed by atoms with E-state index in [-0.39, 0.29) is 11.9 Å². The first-order valence-corrected chi connectivity index (χ1v) is 12.4. The van der Waals surface area contributed by atoms with Gasteiger partial charge < -0.3 is 10.2 Å². The van der Waals surface area contributed by atoms with Crippen LogP contribution < -0.4 is 10.8 Å². The quantitative estimate of drug-likeness (QED) is 0.370. The minimum Gasteiger partial charge on any atom is -0.367 e. The Labute approximate surface area is 215 Å². The van der Waals surface area contributed by atoms with Gasteiger partial charge in [-0.3, -0.25) is 4.79 Å². The van der Waals surface area contributed by atoms with Crippen LogP contribution in [0.5, 0.6) is 0 Å². The highest BCUT2D eigenvalue weighted by molar-refractivity contribution is 6.36. The molecular formula is C28H23BClN5O. The molecule has 36 heavy (non-hydrogen) atoms. The number of carbonyl (C=O) groups excluding carboxylic acids is 1. The normalized spacial score (nSPS) is 14.4. The van der Waals surface area contributed by atoms with Gasteiger partial charge in [-0.05, 0) is 47.3 Å². The summed E-state index contributed by atoms with van der Waals surface area (Å²) in [7, 11) is 6.15. The minimum atomic E-state index is 0.0753. The van der Waals surface area contributed by atoms with Gasteiger partial charge in [0.15, 0.2) is 5.65 Å². The molecule has 0 spiro atoms. The van der Waals surface area contributed by atoms with E-state index in [1.54, 1.807) is 10.7 Å². The molecule has 1 amide bonds. The summed E-state index contributed by atoms with van der Waals surface area (Å²) >= 11 is 6.44. The van der Waals surface area contributed by atoms with Gasteiger partial charge in [-0.1, -0.05) is 60.1 Å². The summed E-state index contributed by atoms with van der Waals surface area (Å²) in [5, 5.41) is 10.9. The number of anilines is 1.